The van der Waals surface area contributed by atoms with Crippen LogP contribution in [0.3, 0.4) is 0 Å². The van der Waals surface area contributed by atoms with E-state index in [1.54, 1.807) is 12.1 Å². The van der Waals surface area contributed by atoms with Gasteiger partial charge in [-0.2, -0.15) is 0 Å². The Balaban J connectivity index is 2.09. The molecular formula is C19H11FO3. The molecule has 23 heavy (non-hydrogen) atoms. The van der Waals surface area contributed by atoms with Crippen molar-refractivity contribution in [3.05, 3.63) is 72.2 Å². The van der Waals surface area contributed by atoms with E-state index < -0.39 is 5.97 Å². The highest BCUT2D eigenvalue weighted by molar-refractivity contribution is 6.12. The lowest BCUT2D eigenvalue weighted by molar-refractivity contribution is 0.0665. The molecule has 0 bridgehead atoms. The summed E-state index contributed by atoms with van der Waals surface area (Å²) in [6.45, 7) is 0. The average molecular weight is 306 g/mol. The lowest BCUT2D eigenvalue weighted by Crippen LogP contribution is -1.91. The molecule has 1 N–H and O–H groups in total. The van der Waals surface area contributed by atoms with Crippen molar-refractivity contribution in [3.63, 3.8) is 0 Å². The highest BCUT2D eigenvalue weighted by Crippen LogP contribution is 2.36. The summed E-state index contributed by atoms with van der Waals surface area (Å²) in [6, 6.07) is 17.2. The number of carbonyl (C=O) groups is 1. The minimum atomic E-state index is -1.10. The molecule has 0 atom stereocenters. The van der Waals surface area contributed by atoms with Gasteiger partial charge in [-0.15, -0.1) is 0 Å². The number of hydrogen-bond acceptors (Lipinski definition) is 2. The second-order valence-corrected chi connectivity index (χ2v) is 5.31. The summed E-state index contributed by atoms with van der Waals surface area (Å²) in [5.74, 6) is -1.49. The molecule has 0 radical (unpaired) electrons. The number of rotatable bonds is 2. The zero-order chi connectivity index (χ0) is 16.0. The van der Waals surface area contributed by atoms with E-state index in [9.17, 15) is 9.18 Å². The van der Waals surface area contributed by atoms with E-state index in [0.717, 1.165) is 21.9 Å². The number of aromatic carboxylic acids is 1. The van der Waals surface area contributed by atoms with Crippen LogP contribution in [0, 0.1) is 5.82 Å². The minimum Gasteiger partial charge on any atom is -0.475 e. The molecule has 112 valence electrons. The number of halogens is 1. The van der Waals surface area contributed by atoms with Crippen LogP contribution in [-0.2, 0) is 0 Å². The molecule has 0 spiro atoms. The van der Waals surface area contributed by atoms with Gasteiger partial charge in [-0.05, 0) is 40.8 Å². The van der Waals surface area contributed by atoms with Crippen LogP contribution in [0.5, 0.6) is 0 Å². The molecule has 0 aliphatic heterocycles. The van der Waals surface area contributed by atoms with Gasteiger partial charge in [0.25, 0.3) is 0 Å². The summed E-state index contributed by atoms with van der Waals surface area (Å²) in [7, 11) is 0. The summed E-state index contributed by atoms with van der Waals surface area (Å²) < 4.78 is 18.7. The number of benzene rings is 3. The molecule has 0 fully saturated rings. The highest BCUT2D eigenvalue weighted by Gasteiger charge is 2.15. The second-order valence-electron chi connectivity index (χ2n) is 5.31. The Morgan fingerprint density at radius 3 is 2.35 bits per heavy atom. The molecule has 0 unspecified atom stereocenters. The Kier molecular flexibility index (Phi) is 2.91. The van der Waals surface area contributed by atoms with Crippen molar-refractivity contribution < 1.29 is 18.7 Å². The highest BCUT2D eigenvalue weighted by atomic mass is 19.1. The van der Waals surface area contributed by atoms with Crippen molar-refractivity contribution in [2.75, 3.05) is 0 Å². The predicted molar refractivity (Wildman–Crippen MR) is 86.1 cm³/mol. The molecule has 4 aromatic rings. The lowest BCUT2D eigenvalue weighted by Gasteiger charge is -2.08. The summed E-state index contributed by atoms with van der Waals surface area (Å²) >= 11 is 0. The van der Waals surface area contributed by atoms with E-state index in [0.29, 0.717) is 11.0 Å². The maximum absolute atomic E-state index is 13.2. The number of carboxylic acids is 1. The van der Waals surface area contributed by atoms with Gasteiger partial charge in [0.15, 0.2) is 0 Å². The number of fused-ring (bicyclic) bond motifs is 3. The molecule has 1 aromatic heterocycles. The third-order valence-corrected chi connectivity index (χ3v) is 3.89. The van der Waals surface area contributed by atoms with Crippen molar-refractivity contribution >= 4 is 27.7 Å². The van der Waals surface area contributed by atoms with E-state index in [1.807, 2.05) is 30.3 Å². The van der Waals surface area contributed by atoms with Crippen LogP contribution < -0.4 is 0 Å². The van der Waals surface area contributed by atoms with Gasteiger partial charge >= 0.3 is 5.97 Å². The SMILES string of the molecule is O=C(O)c1cc2cc(-c3ccc(F)cc3)c3ccccc3c2o1. The monoisotopic (exact) mass is 306 g/mol. The number of hydrogen-bond donors (Lipinski definition) is 1. The van der Waals surface area contributed by atoms with Crippen LogP contribution in [-0.4, -0.2) is 11.1 Å². The Labute approximate surface area is 130 Å². The van der Waals surface area contributed by atoms with Crippen molar-refractivity contribution in [2.45, 2.75) is 0 Å². The zero-order valence-electron chi connectivity index (χ0n) is 11.9. The minimum absolute atomic E-state index is 0.0959. The summed E-state index contributed by atoms with van der Waals surface area (Å²) in [5.41, 5.74) is 2.32. The smallest absolute Gasteiger partial charge is 0.371 e. The van der Waals surface area contributed by atoms with Crippen LogP contribution in [0.25, 0.3) is 32.9 Å². The van der Waals surface area contributed by atoms with Crippen molar-refractivity contribution in [3.8, 4) is 11.1 Å². The molecule has 0 aliphatic carbocycles. The van der Waals surface area contributed by atoms with Gasteiger partial charge in [-0.1, -0.05) is 36.4 Å². The fourth-order valence-electron chi connectivity index (χ4n) is 2.85. The number of carboxylic acid groups (broad SMARTS) is 1. The maximum Gasteiger partial charge on any atom is 0.371 e. The first kappa shape index (κ1) is 13.5. The third kappa shape index (κ3) is 2.16. The summed E-state index contributed by atoms with van der Waals surface area (Å²) in [5, 5.41) is 11.6. The largest absolute Gasteiger partial charge is 0.475 e. The fraction of sp³-hybridized carbons (Fsp3) is 0. The van der Waals surface area contributed by atoms with Crippen LogP contribution >= 0.6 is 0 Å². The third-order valence-electron chi connectivity index (χ3n) is 3.89. The molecule has 0 saturated heterocycles. The number of furan rings is 1. The lowest BCUT2D eigenvalue weighted by atomic mass is 9.96. The van der Waals surface area contributed by atoms with Gasteiger partial charge in [0.05, 0.1) is 0 Å². The molecule has 0 aliphatic rings. The first-order valence-electron chi connectivity index (χ1n) is 7.08. The van der Waals surface area contributed by atoms with Crippen molar-refractivity contribution in [1.29, 1.82) is 0 Å². The fourth-order valence-corrected chi connectivity index (χ4v) is 2.85. The van der Waals surface area contributed by atoms with Crippen LogP contribution in [0.1, 0.15) is 10.6 Å². The van der Waals surface area contributed by atoms with Crippen molar-refractivity contribution in [2.24, 2.45) is 0 Å². The topological polar surface area (TPSA) is 50.4 Å². The summed E-state index contributed by atoms with van der Waals surface area (Å²) in [4.78, 5) is 11.2. The molecule has 1 heterocycles. The average Bonchev–Trinajstić information content (AvgIpc) is 3.00. The molecule has 0 amide bonds. The van der Waals surface area contributed by atoms with E-state index in [-0.39, 0.29) is 11.6 Å². The summed E-state index contributed by atoms with van der Waals surface area (Å²) in [6.07, 6.45) is 0. The maximum atomic E-state index is 13.2. The first-order chi connectivity index (χ1) is 11.1. The van der Waals surface area contributed by atoms with Crippen LogP contribution in [0.15, 0.2) is 65.1 Å². The quantitative estimate of drug-likeness (QED) is 0.561. The van der Waals surface area contributed by atoms with Gasteiger partial charge in [-0.25, -0.2) is 9.18 Å². The normalized spacial score (nSPS) is 11.2. The van der Waals surface area contributed by atoms with E-state index in [4.69, 9.17) is 9.52 Å². The Morgan fingerprint density at radius 2 is 1.65 bits per heavy atom. The Bertz CT molecular complexity index is 1050. The standard InChI is InChI=1S/C19H11FO3/c20-13-7-5-11(6-8-13)16-9-12-10-17(19(21)22)23-18(12)15-4-2-1-3-14(15)16/h1-10H,(H,21,22). The molecule has 3 nitrogen and oxygen atoms in total. The molecule has 4 heteroatoms. The Morgan fingerprint density at radius 1 is 0.957 bits per heavy atom. The molecular weight excluding hydrogens is 295 g/mol. The predicted octanol–water partition coefficient (Wildman–Crippen LogP) is 5.09. The van der Waals surface area contributed by atoms with Crippen LogP contribution in [0.2, 0.25) is 0 Å². The second kappa shape index (κ2) is 4.95. The van der Waals surface area contributed by atoms with Gasteiger partial charge in [0.2, 0.25) is 5.76 Å². The van der Waals surface area contributed by atoms with Crippen molar-refractivity contribution in [1.82, 2.24) is 0 Å². The molecule has 4 rings (SSSR count). The van der Waals surface area contributed by atoms with Crippen LogP contribution in [0.4, 0.5) is 4.39 Å². The van der Waals surface area contributed by atoms with Gasteiger partial charge in [-0.3, -0.25) is 0 Å². The van der Waals surface area contributed by atoms with E-state index >= 15 is 0 Å². The van der Waals surface area contributed by atoms with E-state index in [2.05, 4.69) is 0 Å². The van der Waals surface area contributed by atoms with Gasteiger partial charge in [0, 0.05) is 10.8 Å². The van der Waals surface area contributed by atoms with Gasteiger partial charge in [0.1, 0.15) is 11.4 Å². The van der Waals surface area contributed by atoms with E-state index in [1.165, 1.54) is 18.2 Å². The zero-order valence-corrected chi connectivity index (χ0v) is 11.9. The molecule has 3 aromatic carbocycles. The first-order valence-corrected chi connectivity index (χ1v) is 7.08. The van der Waals surface area contributed by atoms with Gasteiger partial charge < -0.3 is 9.52 Å². The Hall–Kier alpha value is -3.14. The molecule has 0 saturated carbocycles.